The number of aromatic nitrogens is 2. The second kappa shape index (κ2) is 10.8. The van der Waals surface area contributed by atoms with Crippen LogP contribution in [0.3, 0.4) is 0 Å². The zero-order valence-corrected chi connectivity index (χ0v) is 16.4. The average Bonchev–Trinajstić information content (AvgIpc) is 2.73. The van der Waals surface area contributed by atoms with Gasteiger partial charge >= 0.3 is 12.1 Å². The molecule has 0 saturated carbocycles. The number of carbonyl (C=O) groups excluding carboxylic acids is 1. The number of nitrogens with zero attached hydrogens (tertiary/aromatic N) is 4. The molecule has 0 aliphatic carbocycles. The Morgan fingerprint density at radius 2 is 1.77 bits per heavy atom. The molecule has 1 N–H and O–H groups in total. The van der Waals surface area contributed by atoms with E-state index in [0.29, 0.717) is 11.1 Å². The molecule has 2 heterocycles. The number of alkyl halides is 3. The number of carboxylic acids is 1. The molecule has 1 aromatic carbocycles. The molecule has 0 bridgehead atoms. The molecule has 1 aromatic heterocycles. The maximum atomic E-state index is 12.8. The van der Waals surface area contributed by atoms with E-state index in [1.54, 1.807) is 12.4 Å². The summed E-state index contributed by atoms with van der Waals surface area (Å²) in [4.78, 5) is 34.5. The summed E-state index contributed by atoms with van der Waals surface area (Å²) in [6.07, 6.45) is -1.81. The summed E-state index contributed by atoms with van der Waals surface area (Å²) in [5.74, 6) is -2.71. The fourth-order valence-corrected chi connectivity index (χ4v) is 2.85. The third-order valence-corrected chi connectivity index (χ3v) is 4.39. The van der Waals surface area contributed by atoms with Crippen LogP contribution in [0.4, 0.5) is 13.2 Å². The van der Waals surface area contributed by atoms with E-state index in [1.165, 1.54) is 0 Å². The highest BCUT2D eigenvalue weighted by atomic mass is 19.4. The lowest BCUT2D eigenvalue weighted by Gasteiger charge is -2.34. The van der Waals surface area contributed by atoms with Gasteiger partial charge in [0.25, 0.3) is 5.91 Å². The van der Waals surface area contributed by atoms with Crippen molar-refractivity contribution in [3.05, 3.63) is 36.2 Å². The fraction of sp³-hybridized carbons (Fsp3) is 0.474. The summed E-state index contributed by atoms with van der Waals surface area (Å²) in [5, 5.41) is 7.12. The van der Waals surface area contributed by atoms with Crippen LogP contribution in [-0.2, 0) is 9.53 Å². The van der Waals surface area contributed by atoms with Crippen molar-refractivity contribution in [2.24, 2.45) is 0 Å². The third kappa shape index (κ3) is 6.63. The second-order valence-corrected chi connectivity index (χ2v) is 6.36. The summed E-state index contributed by atoms with van der Waals surface area (Å²) in [7, 11) is 0. The minimum atomic E-state index is -5.08. The first-order valence-corrected chi connectivity index (χ1v) is 9.33. The first-order chi connectivity index (χ1) is 14.2. The molecule has 1 aliphatic heterocycles. The molecule has 2 aromatic rings. The molecule has 8 nitrogen and oxygen atoms in total. The van der Waals surface area contributed by atoms with Crippen LogP contribution in [0.15, 0.2) is 30.6 Å². The van der Waals surface area contributed by atoms with Crippen LogP contribution in [0.25, 0.3) is 11.0 Å². The topological polar surface area (TPSA) is 95.9 Å². The molecule has 11 heteroatoms. The van der Waals surface area contributed by atoms with Gasteiger partial charge in [0, 0.05) is 51.7 Å². The van der Waals surface area contributed by atoms with Crippen LogP contribution in [-0.4, -0.2) is 88.9 Å². The lowest BCUT2D eigenvalue weighted by atomic mass is 10.1. The highest BCUT2D eigenvalue weighted by Gasteiger charge is 2.38. The molecule has 1 amide bonds. The summed E-state index contributed by atoms with van der Waals surface area (Å²) in [5.41, 5.74) is 2.07. The van der Waals surface area contributed by atoms with Crippen molar-refractivity contribution < 1.29 is 32.6 Å². The molecule has 0 spiro atoms. The summed E-state index contributed by atoms with van der Waals surface area (Å²) < 4.78 is 37.1. The lowest BCUT2D eigenvalue weighted by Crippen LogP contribution is -2.49. The Hall–Kier alpha value is -2.79. The number of ether oxygens (including phenoxy) is 1. The van der Waals surface area contributed by atoms with Crippen molar-refractivity contribution in [1.82, 2.24) is 19.8 Å². The number of halogens is 3. The SMILES string of the molecule is CCOCCN1CCN(C(=O)c2cccc3nccnc23)CC1.O=C(O)C(F)(F)F. The molecule has 164 valence electrons. The Kier molecular flexibility index (Phi) is 8.48. The number of para-hydroxylation sites is 1. The van der Waals surface area contributed by atoms with Gasteiger partial charge in [-0.25, -0.2) is 4.79 Å². The minimum Gasteiger partial charge on any atom is -0.475 e. The molecular weight excluding hydrogens is 405 g/mol. The third-order valence-electron chi connectivity index (χ3n) is 4.39. The fourth-order valence-electron chi connectivity index (χ4n) is 2.85. The number of piperazine rings is 1. The number of rotatable bonds is 5. The van der Waals surface area contributed by atoms with E-state index < -0.39 is 12.1 Å². The largest absolute Gasteiger partial charge is 0.490 e. The highest BCUT2D eigenvalue weighted by Crippen LogP contribution is 2.17. The summed E-state index contributed by atoms with van der Waals surface area (Å²) in [6.45, 7) is 7.68. The van der Waals surface area contributed by atoms with Gasteiger partial charge in [-0.05, 0) is 19.1 Å². The summed E-state index contributed by atoms with van der Waals surface area (Å²) in [6, 6.07) is 5.58. The lowest BCUT2D eigenvalue weighted by molar-refractivity contribution is -0.192. The van der Waals surface area contributed by atoms with Gasteiger partial charge in [0.1, 0.15) is 5.52 Å². The number of benzene rings is 1. The predicted molar refractivity (Wildman–Crippen MR) is 102 cm³/mol. The molecule has 1 saturated heterocycles. The predicted octanol–water partition coefficient (Wildman–Crippen LogP) is 2.06. The number of amides is 1. The number of carboxylic acid groups (broad SMARTS) is 1. The van der Waals surface area contributed by atoms with Crippen molar-refractivity contribution in [2.45, 2.75) is 13.1 Å². The van der Waals surface area contributed by atoms with E-state index >= 15 is 0 Å². The van der Waals surface area contributed by atoms with Crippen molar-refractivity contribution in [3.63, 3.8) is 0 Å². The molecule has 1 fully saturated rings. The number of hydrogen-bond acceptors (Lipinski definition) is 6. The number of carbonyl (C=O) groups is 2. The van der Waals surface area contributed by atoms with Gasteiger partial charge in [0.15, 0.2) is 0 Å². The van der Waals surface area contributed by atoms with Crippen molar-refractivity contribution in [2.75, 3.05) is 45.9 Å². The molecule has 1 aliphatic rings. The van der Waals surface area contributed by atoms with Crippen molar-refractivity contribution in [3.8, 4) is 0 Å². The van der Waals surface area contributed by atoms with Gasteiger partial charge in [-0.2, -0.15) is 13.2 Å². The smallest absolute Gasteiger partial charge is 0.475 e. The molecule has 3 rings (SSSR count). The zero-order valence-electron chi connectivity index (χ0n) is 16.4. The number of fused-ring (bicyclic) bond motifs is 1. The molecule has 0 unspecified atom stereocenters. The molecule has 30 heavy (non-hydrogen) atoms. The standard InChI is InChI=1S/C17H22N4O2.C2HF3O2/c1-2-23-13-12-20-8-10-21(11-9-20)17(22)14-4-3-5-15-16(14)19-7-6-18-15;3-2(4,5)1(6)7/h3-7H,2,8-13H2,1H3;(H,6,7). The normalized spacial score (nSPS) is 14.9. The maximum Gasteiger partial charge on any atom is 0.490 e. The van der Waals surface area contributed by atoms with Crippen molar-refractivity contribution in [1.29, 1.82) is 0 Å². The van der Waals surface area contributed by atoms with E-state index in [2.05, 4.69) is 14.9 Å². The van der Waals surface area contributed by atoms with Gasteiger partial charge in [0.05, 0.1) is 17.7 Å². The van der Waals surface area contributed by atoms with Crippen LogP contribution in [0.2, 0.25) is 0 Å². The van der Waals surface area contributed by atoms with E-state index in [1.807, 2.05) is 30.0 Å². The maximum absolute atomic E-state index is 12.8. The number of hydrogen-bond donors (Lipinski definition) is 1. The van der Waals surface area contributed by atoms with Gasteiger partial charge in [-0.1, -0.05) is 6.07 Å². The van der Waals surface area contributed by atoms with Gasteiger partial charge in [-0.15, -0.1) is 0 Å². The molecule has 0 radical (unpaired) electrons. The molecule has 0 atom stereocenters. The van der Waals surface area contributed by atoms with Crippen molar-refractivity contribution >= 4 is 22.9 Å². The monoisotopic (exact) mass is 428 g/mol. The quantitative estimate of drug-likeness (QED) is 0.729. The summed E-state index contributed by atoms with van der Waals surface area (Å²) >= 11 is 0. The first kappa shape index (κ1) is 23.5. The Morgan fingerprint density at radius 3 is 2.37 bits per heavy atom. The Bertz CT molecular complexity index is 850. The van der Waals surface area contributed by atoms with Crippen LogP contribution in [0.1, 0.15) is 17.3 Å². The van der Waals surface area contributed by atoms with Gasteiger partial charge in [0.2, 0.25) is 0 Å². The van der Waals surface area contributed by atoms with E-state index in [4.69, 9.17) is 14.6 Å². The van der Waals surface area contributed by atoms with E-state index in [-0.39, 0.29) is 5.91 Å². The Morgan fingerprint density at radius 1 is 1.13 bits per heavy atom. The second-order valence-electron chi connectivity index (χ2n) is 6.36. The van der Waals surface area contributed by atoms with E-state index in [9.17, 15) is 18.0 Å². The van der Waals surface area contributed by atoms with Gasteiger partial charge in [-0.3, -0.25) is 19.7 Å². The Balaban J connectivity index is 0.000000396. The first-order valence-electron chi connectivity index (χ1n) is 9.33. The van der Waals surface area contributed by atoms with E-state index in [0.717, 1.165) is 51.5 Å². The van der Waals surface area contributed by atoms with Crippen LogP contribution < -0.4 is 0 Å². The van der Waals surface area contributed by atoms with Crippen LogP contribution in [0, 0.1) is 0 Å². The Labute approximate surface area is 171 Å². The molecular formula is C19H23F3N4O4. The van der Waals surface area contributed by atoms with Crippen LogP contribution >= 0.6 is 0 Å². The number of aliphatic carboxylic acids is 1. The van der Waals surface area contributed by atoms with Crippen LogP contribution in [0.5, 0.6) is 0 Å². The minimum absolute atomic E-state index is 0.0422. The van der Waals surface area contributed by atoms with Gasteiger partial charge < -0.3 is 14.7 Å². The highest BCUT2D eigenvalue weighted by molar-refractivity contribution is 6.04. The zero-order chi connectivity index (χ0) is 22.1. The average molecular weight is 428 g/mol.